The number of nitrogens with zero attached hydrogens (tertiary/aromatic N) is 1. The van der Waals surface area contributed by atoms with Crippen LogP contribution in [0.4, 0.5) is 0 Å². The maximum absolute atomic E-state index is 13.0. The number of aromatic nitrogens is 1. The van der Waals surface area contributed by atoms with Gasteiger partial charge in [-0.15, -0.1) is 0 Å². The lowest BCUT2D eigenvalue weighted by atomic mass is 10.0. The Balaban J connectivity index is 1.95. The predicted molar refractivity (Wildman–Crippen MR) is 102 cm³/mol. The number of aryl methyl sites for hydroxylation is 1. The molecule has 26 heavy (non-hydrogen) atoms. The maximum Gasteiger partial charge on any atom is 0.268 e. The zero-order chi connectivity index (χ0) is 18.8. The summed E-state index contributed by atoms with van der Waals surface area (Å²) in [7, 11) is 0. The minimum absolute atomic E-state index is 0.0748. The third-order valence-corrected chi connectivity index (χ3v) is 5.08. The molecule has 2 N–H and O–H groups in total. The first-order valence-electron chi connectivity index (χ1n) is 9.18. The molecule has 0 bridgehead atoms. The Morgan fingerprint density at radius 2 is 2.04 bits per heavy atom. The van der Waals surface area contributed by atoms with E-state index in [9.17, 15) is 14.7 Å². The molecular formula is C21H26N2O3. The zero-order valence-electron chi connectivity index (χ0n) is 15.5. The topological polar surface area (TPSA) is 71.3 Å². The van der Waals surface area contributed by atoms with Gasteiger partial charge in [0, 0.05) is 17.9 Å². The summed E-state index contributed by atoms with van der Waals surface area (Å²) in [5.74, 6) is -0.00590. The second-order valence-electron chi connectivity index (χ2n) is 7.44. The molecule has 0 spiro atoms. The van der Waals surface area contributed by atoms with E-state index in [2.05, 4.69) is 19.2 Å². The van der Waals surface area contributed by atoms with Crippen molar-refractivity contribution in [2.45, 2.75) is 58.1 Å². The number of rotatable bonds is 4. The lowest BCUT2D eigenvalue weighted by molar-refractivity contribution is 0.0931. The summed E-state index contributed by atoms with van der Waals surface area (Å²) in [5, 5.41) is 12.5. The van der Waals surface area contributed by atoms with Crippen LogP contribution in [0.1, 0.15) is 60.5 Å². The Hall–Kier alpha value is -2.40. The second-order valence-corrected chi connectivity index (χ2v) is 7.44. The highest BCUT2D eigenvalue weighted by molar-refractivity contribution is 5.95. The van der Waals surface area contributed by atoms with Crippen molar-refractivity contribution in [3.63, 3.8) is 0 Å². The lowest BCUT2D eigenvalue weighted by Gasteiger charge is -2.15. The third-order valence-electron chi connectivity index (χ3n) is 5.08. The molecule has 0 unspecified atom stereocenters. The average Bonchev–Trinajstić information content (AvgIpc) is 3.00. The predicted octanol–water partition coefficient (Wildman–Crippen LogP) is 2.91. The highest BCUT2D eigenvalue weighted by Gasteiger charge is 2.26. The van der Waals surface area contributed by atoms with Crippen LogP contribution in [0.25, 0.3) is 5.69 Å². The van der Waals surface area contributed by atoms with E-state index in [1.165, 1.54) is 4.57 Å². The minimum Gasteiger partial charge on any atom is -0.393 e. The molecule has 1 fully saturated rings. The van der Waals surface area contributed by atoms with Gasteiger partial charge in [-0.05, 0) is 61.4 Å². The Morgan fingerprint density at radius 3 is 2.69 bits per heavy atom. The molecule has 138 valence electrons. The number of hydrogen-bond donors (Lipinski definition) is 2. The number of nitrogens with one attached hydrogen (secondary N) is 1. The second kappa shape index (κ2) is 7.46. The molecule has 1 amide bonds. The van der Waals surface area contributed by atoms with Crippen LogP contribution in [0.3, 0.4) is 0 Å². The van der Waals surface area contributed by atoms with Gasteiger partial charge in [0.15, 0.2) is 0 Å². The van der Waals surface area contributed by atoms with E-state index in [0.717, 1.165) is 17.7 Å². The van der Waals surface area contributed by atoms with Crippen LogP contribution >= 0.6 is 0 Å². The largest absolute Gasteiger partial charge is 0.393 e. The molecule has 0 saturated heterocycles. The summed E-state index contributed by atoms with van der Waals surface area (Å²) < 4.78 is 1.53. The van der Waals surface area contributed by atoms with Gasteiger partial charge in [-0.3, -0.25) is 14.2 Å². The van der Waals surface area contributed by atoms with Gasteiger partial charge in [-0.1, -0.05) is 26.0 Å². The molecule has 1 aromatic carbocycles. The van der Waals surface area contributed by atoms with Crippen molar-refractivity contribution in [1.29, 1.82) is 0 Å². The first-order chi connectivity index (χ1) is 12.4. The van der Waals surface area contributed by atoms with Crippen molar-refractivity contribution in [3.05, 3.63) is 63.6 Å². The van der Waals surface area contributed by atoms with Gasteiger partial charge < -0.3 is 10.4 Å². The van der Waals surface area contributed by atoms with E-state index >= 15 is 0 Å². The molecule has 0 radical (unpaired) electrons. The molecule has 2 atom stereocenters. The fourth-order valence-electron chi connectivity index (χ4n) is 3.49. The molecule has 1 aromatic heterocycles. The average molecular weight is 354 g/mol. The fraction of sp³-hybridized carbons (Fsp3) is 0.429. The van der Waals surface area contributed by atoms with E-state index in [4.69, 9.17) is 0 Å². The summed E-state index contributed by atoms with van der Waals surface area (Å²) in [5.41, 5.74) is 2.40. The van der Waals surface area contributed by atoms with E-state index < -0.39 is 0 Å². The standard InChI is InChI=1S/C21H26N2O3/c1-13(2)15-5-4-6-17(11-15)23-10-9-14(3)19(21(23)26)20(25)22-16-7-8-18(24)12-16/h4-6,9-11,13,16,18,24H,7-8,12H2,1-3H3,(H,22,25)/t16-,18+/m1/s1. The molecular weight excluding hydrogens is 328 g/mol. The molecule has 0 aliphatic heterocycles. The van der Waals surface area contributed by atoms with Gasteiger partial charge in [0.05, 0.1) is 6.10 Å². The van der Waals surface area contributed by atoms with Gasteiger partial charge in [0.2, 0.25) is 0 Å². The van der Waals surface area contributed by atoms with Crippen molar-refractivity contribution >= 4 is 5.91 Å². The number of amides is 1. The molecule has 3 rings (SSSR count). The number of pyridine rings is 1. The molecule has 1 aliphatic rings. The van der Waals surface area contributed by atoms with E-state index in [-0.39, 0.29) is 29.2 Å². The van der Waals surface area contributed by atoms with Crippen LogP contribution in [0, 0.1) is 6.92 Å². The van der Waals surface area contributed by atoms with Crippen LogP contribution in [0.5, 0.6) is 0 Å². The minimum atomic E-state index is -0.368. The number of carbonyl (C=O) groups is 1. The molecule has 5 heteroatoms. The Kier molecular flexibility index (Phi) is 5.28. The van der Waals surface area contributed by atoms with Gasteiger partial charge in [-0.25, -0.2) is 0 Å². The Bertz CT molecular complexity index is 870. The van der Waals surface area contributed by atoms with Gasteiger partial charge in [0.1, 0.15) is 5.56 Å². The van der Waals surface area contributed by atoms with Crippen molar-refractivity contribution < 1.29 is 9.90 Å². The van der Waals surface area contributed by atoms with Crippen molar-refractivity contribution in [2.24, 2.45) is 0 Å². The summed E-state index contributed by atoms with van der Waals surface area (Å²) in [6.07, 6.45) is 3.32. The van der Waals surface area contributed by atoms with E-state index in [1.54, 1.807) is 19.2 Å². The van der Waals surface area contributed by atoms with Gasteiger partial charge >= 0.3 is 0 Å². The summed E-state index contributed by atoms with van der Waals surface area (Å²) in [4.78, 5) is 25.7. The highest BCUT2D eigenvalue weighted by Crippen LogP contribution is 2.20. The monoisotopic (exact) mass is 354 g/mol. The first kappa shape index (κ1) is 18.4. The summed E-state index contributed by atoms with van der Waals surface area (Å²) in [6.45, 7) is 5.98. The SMILES string of the molecule is Cc1ccn(-c2cccc(C(C)C)c2)c(=O)c1C(=O)N[C@@H]1CC[C@H](O)C1. The Morgan fingerprint density at radius 1 is 1.27 bits per heavy atom. The molecule has 5 nitrogen and oxygen atoms in total. The number of carbonyl (C=O) groups excluding carboxylic acids is 1. The zero-order valence-corrected chi connectivity index (χ0v) is 15.5. The number of hydrogen-bond acceptors (Lipinski definition) is 3. The molecule has 1 saturated carbocycles. The van der Waals surface area contributed by atoms with Gasteiger partial charge in [-0.2, -0.15) is 0 Å². The quantitative estimate of drug-likeness (QED) is 0.887. The van der Waals surface area contributed by atoms with Crippen LogP contribution in [0.15, 0.2) is 41.3 Å². The van der Waals surface area contributed by atoms with Crippen LogP contribution < -0.4 is 10.9 Å². The summed E-state index contributed by atoms with van der Waals surface area (Å²) in [6, 6.07) is 9.54. The van der Waals surface area contributed by atoms with Crippen molar-refractivity contribution in [1.82, 2.24) is 9.88 Å². The highest BCUT2D eigenvalue weighted by atomic mass is 16.3. The fourth-order valence-corrected chi connectivity index (χ4v) is 3.49. The smallest absolute Gasteiger partial charge is 0.268 e. The van der Waals surface area contributed by atoms with Gasteiger partial charge in [0.25, 0.3) is 11.5 Å². The summed E-state index contributed by atoms with van der Waals surface area (Å²) >= 11 is 0. The van der Waals surface area contributed by atoms with Crippen LogP contribution in [-0.4, -0.2) is 27.7 Å². The maximum atomic E-state index is 13.0. The number of aliphatic hydroxyl groups is 1. The van der Waals surface area contributed by atoms with E-state index in [1.807, 2.05) is 24.3 Å². The molecule has 1 heterocycles. The number of aliphatic hydroxyl groups excluding tert-OH is 1. The van der Waals surface area contributed by atoms with Crippen LogP contribution in [-0.2, 0) is 0 Å². The third kappa shape index (κ3) is 3.73. The van der Waals surface area contributed by atoms with E-state index in [0.29, 0.717) is 24.3 Å². The van der Waals surface area contributed by atoms with Crippen molar-refractivity contribution in [2.75, 3.05) is 0 Å². The molecule has 1 aliphatic carbocycles. The Labute approximate surface area is 153 Å². The molecule has 2 aromatic rings. The van der Waals surface area contributed by atoms with Crippen LogP contribution in [0.2, 0.25) is 0 Å². The number of benzene rings is 1. The normalized spacial score (nSPS) is 19.7. The lowest BCUT2D eigenvalue weighted by Crippen LogP contribution is -2.38. The first-order valence-corrected chi connectivity index (χ1v) is 9.18. The van der Waals surface area contributed by atoms with Crippen molar-refractivity contribution in [3.8, 4) is 5.69 Å².